The molecule has 0 spiro atoms. The molecule has 9 nitrogen and oxygen atoms in total. The van der Waals surface area contributed by atoms with Gasteiger partial charge < -0.3 is 15.4 Å². The molecule has 4 rings (SSSR count). The monoisotopic (exact) mass is 403 g/mol. The Balaban J connectivity index is 1.70. The predicted octanol–water partition coefficient (Wildman–Crippen LogP) is 3.06. The van der Waals surface area contributed by atoms with Crippen molar-refractivity contribution in [3.05, 3.63) is 60.6 Å². The second-order valence-electron chi connectivity index (χ2n) is 6.38. The minimum absolute atomic E-state index is 0.114. The minimum Gasteiger partial charge on any atom is -0.480 e. The first-order chi connectivity index (χ1) is 14.6. The quantitative estimate of drug-likeness (QED) is 0.446. The molecule has 0 amide bonds. The molecule has 0 saturated carbocycles. The van der Waals surface area contributed by atoms with Gasteiger partial charge in [-0.25, -0.2) is 24.3 Å². The maximum Gasteiger partial charge on any atom is 0.321 e. The summed E-state index contributed by atoms with van der Waals surface area (Å²) in [6.07, 6.45) is 4.28. The Bertz CT molecular complexity index is 1280. The summed E-state index contributed by atoms with van der Waals surface area (Å²) in [7, 11) is 0. The van der Waals surface area contributed by atoms with Crippen molar-refractivity contribution in [3.8, 4) is 17.3 Å². The number of aromatic nitrogens is 5. The number of carboxylic acid groups (broad SMARTS) is 1. The summed E-state index contributed by atoms with van der Waals surface area (Å²) in [5, 5.41) is 21.2. The van der Waals surface area contributed by atoms with Gasteiger partial charge in [0.1, 0.15) is 35.1 Å². The fraction of sp³-hybridized carbons (Fsp3) is 0.100. The molecular formula is C20H14FN7O2. The molecule has 3 heterocycles. The number of aromatic amines is 1. The lowest BCUT2D eigenvalue weighted by Gasteiger charge is -2.13. The fourth-order valence-electron chi connectivity index (χ4n) is 3.01. The van der Waals surface area contributed by atoms with Crippen molar-refractivity contribution in [2.45, 2.75) is 6.42 Å². The number of anilines is 2. The molecule has 148 valence electrons. The van der Waals surface area contributed by atoms with Crippen molar-refractivity contribution in [2.75, 3.05) is 5.32 Å². The Morgan fingerprint density at radius 2 is 2.13 bits per heavy atom. The van der Waals surface area contributed by atoms with Gasteiger partial charge in [0.2, 0.25) is 0 Å². The van der Waals surface area contributed by atoms with Gasteiger partial charge in [0.15, 0.2) is 5.65 Å². The maximum absolute atomic E-state index is 14.2. The number of hydrogen-bond acceptors (Lipinski definition) is 7. The van der Waals surface area contributed by atoms with E-state index in [1.807, 2.05) is 6.07 Å². The van der Waals surface area contributed by atoms with E-state index in [9.17, 15) is 9.18 Å². The number of nitrogens with zero attached hydrogens (tertiary/aromatic N) is 5. The Morgan fingerprint density at radius 3 is 2.93 bits per heavy atom. The lowest BCUT2D eigenvalue weighted by Crippen LogP contribution is -2.15. The smallest absolute Gasteiger partial charge is 0.321 e. The minimum atomic E-state index is -1.34. The molecule has 1 unspecified atom stereocenters. The zero-order valence-corrected chi connectivity index (χ0v) is 15.4. The standard InChI is InChI=1S/C20H14FN7O2/c21-15-4-3-13(7-11(15)6-12(8-22)20(29)30)28-18-14(2-1-5-23-18)16-17-19(26-9-24-16)27-10-25-17/h1-5,7,9-10,12H,6H2,(H,23,28)(H,29,30)(H,24,25,26,27). The van der Waals surface area contributed by atoms with Crippen LogP contribution < -0.4 is 5.32 Å². The van der Waals surface area contributed by atoms with Crippen molar-refractivity contribution >= 4 is 28.6 Å². The first-order valence-electron chi connectivity index (χ1n) is 8.84. The van der Waals surface area contributed by atoms with Crippen LogP contribution in [0.3, 0.4) is 0 Å². The molecule has 0 saturated heterocycles. The Kier molecular flexibility index (Phi) is 5.00. The van der Waals surface area contributed by atoms with Crippen molar-refractivity contribution in [3.63, 3.8) is 0 Å². The molecule has 1 atom stereocenters. The Hall–Kier alpha value is -4.39. The molecule has 0 aliphatic carbocycles. The number of halogens is 1. The number of carbonyl (C=O) groups is 1. The van der Waals surface area contributed by atoms with Crippen LogP contribution in [0.15, 0.2) is 49.2 Å². The highest BCUT2D eigenvalue weighted by Crippen LogP contribution is 2.30. The van der Waals surface area contributed by atoms with E-state index in [1.54, 1.807) is 18.3 Å². The van der Waals surface area contributed by atoms with Crippen LogP contribution in [-0.4, -0.2) is 36.0 Å². The van der Waals surface area contributed by atoms with E-state index in [0.717, 1.165) is 0 Å². The van der Waals surface area contributed by atoms with Gasteiger partial charge in [-0.3, -0.25) is 4.79 Å². The zero-order chi connectivity index (χ0) is 21.1. The largest absolute Gasteiger partial charge is 0.480 e. The first kappa shape index (κ1) is 18.9. The summed E-state index contributed by atoms with van der Waals surface area (Å²) in [6.45, 7) is 0. The van der Waals surface area contributed by atoms with Gasteiger partial charge in [-0.1, -0.05) is 0 Å². The number of imidazole rings is 1. The van der Waals surface area contributed by atoms with Crippen LogP contribution in [-0.2, 0) is 11.2 Å². The first-order valence-corrected chi connectivity index (χ1v) is 8.84. The van der Waals surface area contributed by atoms with Crippen molar-refractivity contribution < 1.29 is 14.3 Å². The molecule has 30 heavy (non-hydrogen) atoms. The van der Waals surface area contributed by atoms with Gasteiger partial charge in [-0.15, -0.1) is 0 Å². The van der Waals surface area contributed by atoms with Gasteiger partial charge >= 0.3 is 5.97 Å². The number of nitrogens with one attached hydrogen (secondary N) is 2. The number of hydrogen-bond donors (Lipinski definition) is 3. The molecule has 0 radical (unpaired) electrons. The van der Waals surface area contributed by atoms with Crippen molar-refractivity contribution in [1.82, 2.24) is 24.9 Å². The van der Waals surface area contributed by atoms with Crippen LogP contribution in [0.4, 0.5) is 15.9 Å². The third-order valence-electron chi connectivity index (χ3n) is 4.47. The molecule has 10 heteroatoms. The zero-order valence-electron chi connectivity index (χ0n) is 15.4. The number of fused-ring (bicyclic) bond motifs is 1. The summed E-state index contributed by atoms with van der Waals surface area (Å²) >= 11 is 0. The highest BCUT2D eigenvalue weighted by atomic mass is 19.1. The van der Waals surface area contributed by atoms with E-state index >= 15 is 0 Å². The SMILES string of the molecule is N#CC(Cc1cc(Nc2ncccc2-c2ncnc3[nH]cnc23)ccc1F)C(=O)O. The Labute approximate surface area is 169 Å². The topological polar surface area (TPSA) is 140 Å². The molecular weight excluding hydrogens is 389 g/mol. The van der Waals surface area contributed by atoms with Crippen LogP contribution in [0.2, 0.25) is 0 Å². The van der Waals surface area contributed by atoms with Crippen LogP contribution >= 0.6 is 0 Å². The number of rotatable bonds is 6. The highest BCUT2D eigenvalue weighted by Gasteiger charge is 2.20. The lowest BCUT2D eigenvalue weighted by molar-refractivity contribution is -0.139. The van der Waals surface area contributed by atoms with E-state index in [1.165, 1.54) is 30.9 Å². The van der Waals surface area contributed by atoms with Gasteiger partial charge in [0.25, 0.3) is 0 Å². The predicted molar refractivity (Wildman–Crippen MR) is 105 cm³/mol. The molecule has 0 aliphatic rings. The summed E-state index contributed by atoms with van der Waals surface area (Å²) < 4.78 is 14.2. The molecule has 4 aromatic rings. The van der Waals surface area contributed by atoms with Gasteiger partial charge in [-0.05, 0) is 35.9 Å². The molecule has 0 bridgehead atoms. The molecule has 0 aliphatic heterocycles. The van der Waals surface area contributed by atoms with E-state index in [4.69, 9.17) is 10.4 Å². The van der Waals surface area contributed by atoms with Crippen molar-refractivity contribution in [2.24, 2.45) is 5.92 Å². The number of H-pyrrole nitrogens is 1. The Morgan fingerprint density at radius 1 is 1.27 bits per heavy atom. The number of aliphatic carboxylic acids is 1. The summed E-state index contributed by atoms with van der Waals surface area (Å²) in [4.78, 5) is 31.1. The van der Waals surface area contributed by atoms with E-state index in [-0.39, 0.29) is 12.0 Å². The number of pyridine rings is 1. The van der Waals surface area contributed by atoms with Crippen molar-refractivity contribution in [1.29, 1.82) is 5.26 Å². The summed E-state index contributed by atoms with van der Waals surface area (Å²) in [5.41, 5.74) is 2.98. The van der Waals surface area contributed by atoms with Crippen LogP contribution in [0.1, 0.15) is 5.56 Å². The molecule has 3 aromatic heterocycles. The lowest BCUT2D eigenvalue weighted by atomic mass is 10.00. The normalized spacial score (nSPS) is 11.7. The summed E-state index contributed by atoms with van der Waals surface area (Å²) in [5.74, 6) is -2.77. The summed E-state index contributed by atoms with van der Waals surface area (Å²) in [6, 6.07) is 9.41. The van der Waals surface area contributed by atoms with Gasteiger partial charge in [0, 0.05) is 23.9 Å². The van der Waals surface area contributed by atoms with E-state index < -0.39 is 17.7 Å². The van der Waals surface area contributed by atoms with E-state index in [2.05, 4.69) is 30.2 Å². The highest BCUT2D eigenvalue weighted by molar-refractivity contribution is 5.91. The molecule has 0 fully saturated rings. The second kappa shape index (κ2) is 7.92. The van der Waals surface area contributed by atoms with Crippen LogP contribution in [0, 0.1) is 23.1 Å². The average molecular weight is 403 g/mol. The average Bonchev–Trinajstić information content (AvgIpc) is 3.23. The van der Waals surface area contributed by atoms with Crippen LogP contribution in [0.25, 0.3) is 22.4 Å². The number of carboxylic acids is 1. The van der Waals surface area contributed by atoms with Crippen LogP contribution in [0.5, 0.6) is 0 Å². The number of nitriles is 1. The maximum atomic E-state index is 14.2. The molecule has 1 aromatic carbocycles. The third kappa shape index (κ3) is 3.64. The van der Waals surface area contributed by atoms with Gasteiger partial charge in [0.05, 0.1) is 12.4 Å². The van der Waals surface area contributed by atoms with Gasteiger partial charge in [-0.2, -0.15) is 5.26 Å². The number of benzene rings is 1. The fourth-order valence-corrected chi connectivity index (χ4v) is 3.01. The van der Waals surface area contributed by atoms with E-state index in [0.29, 0.717) is 33.9 Å². The molecule has 3 N–H and O–H groups in total. The third-order valence-corrected chi connectivity index (χ3v) is 4.47. The second-order valence-corrected chi connectivity index (χ2v) is 6.38.